The van der Waals surface area contributed by atoms with Crippen molar-refractivity contribution >= 4 is 17.7 Å². The molecule has 2 aromatic heterocycles. The molecule has 0 aliphatic heterocycles. The monoisotopic (exact) mass is 325 g/mol. The number of carbonyl (C=O) groups is 1. The molecule has 0 radical (unpaired) electrons. The quantitative estimate of drug-likeness (QED) is 0.700. The first kappa shape index (κ1) is 15.2. The molecule has 0 saturated heterocycles. The zero-order chi connectivity index (χ0) is 16.1. The molecule has 0 fully saturated rings. The average molecular weight is 325 g/mol. The molecule has 0 aliphatic carbocycles. The van der Waals surface area contributed by atoms with Crippen LogP contribution in [0.4, 0.5) is 0 Å². The van der Waals surface area contributed by atoms with E-state index in [9.17, 15) is 4.79 Å². The highest BCUT2D eigenvalue weighted by atomic mass is 32.2. The molecular formula is C16H15N5OS. The number of hydrogen-bond donors (Lipinski definition) is 1. The fourth-order valence-corrected chi connectivity index (χ4v) is 2.83. The van der Waals surface area contributed by atoms with Gasteiger partial charge in [0.15, 0.2) is 11.0 Å². The maximum Gasteiger partial charge on any atom is 0.227 e. The van der Waals surface area contributed by atoms with Crippen molar-refractivity contribution in [2.45, 2.75) is 11.7 Å². The van der Waals surface area contributed by atoms with Gasteiger partial charge < -0.3 is 5.73 Å². The molecule has 1 amide bonds. The lowest BCUT2D eigenvalue weighted by atomic mass is 10.2. The molecule has 6 nitrogen and oxygen atoms in total. The van der Waals surface area contributed by atoms with E-state index in [2.05, 4.69) is 15.2 Å². The third kappa shape index (κ3) is 3.75. The first-order valence-electron chi connectivity index (χ1n) is 7.02. The van der Waals surface area contributed by atoms with E-state index in [1.807, 2.05) is 47.0 Å². The third-order valence-electron chi connectivity index (χ3n) is 3.18. The van der Waals surface area contributed by atoms with Crippen LogP contribution in [0.15, 0.2) is 60.0 Å². The minimum absolute atomic E-state index is 0.170. The SMILES string of the molecule is NC(=O)CSc1nnc(-c2ccncc2)n1Cc1ccccc1. The Labute approximate surface area is 137 Å². The third-order valence-corrected chi connectivity index (χ3v) is 4.17. The first-order valence-corrected chi connectivity index (χ1v) is 8.01. The maximum atomic E-state index is 11.1. The molecule has 1 aromatic carbocycles. The number of benzene rings is 1. The molecule has 0 bridgehead atoms. The van der Waals surface area contributed by atoms with Crippen molar-refractivity contribution in [1.29, 1.82) is 0 Å². The van der Waals surface area contributed by atoms with Gasteiger partial charge in [0.25, 0.3) is 0 Å². The summed E-state index contributed by atoms with van der Waals surface area (Å²) in [7, 11) is 0. The normalized spacial score (nSPS) is 10.6. The van der Waals surface area contributed by atoms with Gasteiger partial charge in [-0.2, -0.15) is 0 Å². The smallest absolute Gasteiger partial charge is 0.227 e. The van der Waals surface area contributed by atoms with Crippen LogP contribution in [-0.4, -0.2) is 31.4 Å². The first-order chi connectivity index (χ1) is 11.2. The van der Waals surface area contributed by atoms with Gasteiger partial charge in [0.1, 0.15) is 0 Å². The zero-order valence-corrected chi connectivity index (χ0v) is 13.1. The van der Waals surface area contributed by atoms with Crippen LogP contribution in [0.2, 0.25) is 0 Å². The molecule has 23 heavy (non-hydrogen) atoms. The number of rotatable bonds is 6. The lowest BCUT2D eigenvalue weighted by Gasteiger charge is -2.10. The van der Waals surface area contributed by atoms with Gasteiger partial charge in [-0.25, -0.2) is 0 Å². The number of nitrogens with zero attached hydrogens (tertiary/aromatic N) is 4. The van der Waals surface area contributed by atoms with Crippen LogP contribution in [0, 0.1) is 0 Å². The van der Waals surface area contributed by atoms with Crippen LogP contribution < -0.4 is 5.73 Å². The minimum Gasteiger partial charge on any atom is -0.369 e. The Bertz CT molecular complexity index is 789. The number of carbonyl (C=O) groups excluding carboxylic acids is 1. The number of pyridine rings is 1. The maximum absolute atomic E-state index is 11.1. The lowest BCUT2D eigenvalue weighted by molar-refractivity contribution is -0.115. The van der Waals surface area contributed by atoms with Crippen molar-refractivity contribution in [3.63, 3.8) is 0 Å². The summed E-state index contributed by atoms with van der Waals surface area (Å²) in [6.07, 6.45) is 3.43. The molecule has 7 heteroatoms. The number of hydrogen-bond acceptors (Lipinski definition) is 5. The average Bonchev–Trinajstić information content (AvgIpc) is 2.97. The van der Waals surface area contributed by atoms with E-state index in [0.29, 0.717) is 11.7 Å². The van der Waals surface area contributed by atoms with Crippen molar-refractivity contribution in [2.24, 2.45) is 5.73 Å². The fourth-order valence-electron chi connectivity index (χ4n) is 2.15. The van der Waals surface area contributed by atoms with Gasteiger partial charge in [-0.3, -0.25) is 14.3 Å². The van der Waals surface area contributed by atoms with Crippen LogP contribution in [0.25, 0.3) is 11.4 Å². The van der Waals surface area contributed by atoms with E-state index in [-0.39, 0.29) is 11.7 Å². The highest BCUT2D eigenvalue weighted by Gasteiger charge is 2.15. The van der Waals surface area contributed by atoms with Crippen LogP contribution >= 0.6 is 11.8 Å². The summed E-state index contributed by atoms with van der Waals surface area (Å²) in [5, 5.41) is 9.15. The molecule has 2 heterocycles. The largest absolute Gasteiger partial charge is 0.369 e. The number of thioether (sulfide) groups is 1. The summed E-state index contributed by atoms with van der Waals surface area (Å²) < 4.78 is 1.98. The van der Waals surface area contributed by atoms with Gasteiger partial charge in [0.05, 0.1) is 12.3 Å². The van der Waals surface area contributed by atoms with E-state index in [0.717, 1.165) is 17.0 Å². The molecule has 0 saturated carbocycles. The van der Waals surface area contributed by atoms with Crippen molar-refractivity contribution in [1.82, 2.24) is 19.7 Å². The Balaban J connectivity index is 1.97. The van der Waals surface area contributed by atoms with E-state index < -0.39 is 0 Å². The summed E-state index contributed by atoms with van der Waals surface area (Å²) in [5.41, 5.74) is 7.29. The Morgan fingerprint density at radius 3 is 2.52 bits per heavy atom. The van der Waals surface area contributed by atoms with Gasteiger partial charge in [0.2, 0.25) is 5.91 Å². The molecule has 2 N–H and O–H groups in total. The molecule has 3 rings (SSSR count). The van der Waals surface area contributed by atoms with Gasteiger partial charge >= 0.3 is 0 Å². The molecule has 0 atom stereocenters. The van der Waals surface area contributed by atoms with E-state index in [1.165, 1.54) is 11.8 Å². The van der Waals surface area contributed by atoms with Crippen molar-refractivity contribution in [3.05, 3.63) is 60.4 Å². The minimum atomic E-state index is -0.380. The number of primary amides is 1. The predicted molar refractivity (Wildman–Crippen MR) is 88.7 cm³/mol. The molecular weight excluding hydrogens is 310 g/mol. The van der Waals surface area contributed by atoms with Gasteiger partial charge in [0, 0.05) is 18.0 Å². The second-order valence-electron chi connectivity index (χ2n) is 4.87. The van der Waals surface area contributed by atoms with Crippen LogP contribution in [-0.2, 0) is 11.3 Å². The molecule has 0 aliphatic rings. The standard InChI is InChI=1S/C16H15N5OS/c17-14(22)11-23-16-20-19-15(13-6-8-18-9-7-13)21(16)10-12-4-2-1-3-5-12/h1-9H,10-11H2,(H2,17,22). The molecule has 3 aromatic rings. The highest BCUT2D eigenvalue weighted by Crippen LogP contribution is 2.24. The van der Waals surface area contributed by atoms with E-state index in [4.69, 9.17) is 5.73 Å². The predicted octanol–water partition coefficient (Wildman–Crippen LogP) is 1.97. The topological polar surface area (TPSA) is 86.7 Å². The molecule has 0 spiro atoms. The Hall–Kier alpha value is -2.67. The molecule has 116 valence electrons. The summed E-state index contributed by atoms with van der Waals surface area (Å²) >= 11 is 1.29. The van der Waals surface area contributed by atoms with Crippen LogP contribution in [0.1, 0.15) is 5.56 Å². The fraction of sp³-hybridized carbons (Fsp3) is 0.125. The second-order valence-corrected chi connectivity index (χ2v) is 5.81. The van der Waals surface area contributed by atoms with Crippen molar-refractivity contribution in [2.75, 3.05) is 5.75 Å². The summed E-state index contributed by atoms with van der Waals surface area (Å²) in [4.78, 5) is 15.1. The Morgan fingerprint density at radius 1 is 1.09 bits per heavy atom. The summed E-state index contributed by atoms with van der Waals surface area (Å²) in [5.74, 6) is 0.529. The zero-order valence-electron chi connectivity index (χ0n) is 12.3. The lowest BCUT2D eigenvalue weighted by Crippen LogP contribution is -2.14. The summed E-state index contributed by atoms with van der Waals surface area (Å²) in [6.45, 7) is 0.618. The van der Waals surface area contributed by atoms with Crippen LogP contribution in [0.3, 0.4) is 0 Å². The summed E-state index contributed by atoms with van der Waals surface area (Å²) in [6, 6.07) is 13.8. The number of amides is 1. The van der Waals surface area contributed by atoms with Crippen molar-refractivity contribution in [3.8, 4) is 11.4 Å². The van der Waals surface area contributed by atoms with E-state index >= 15 is 0 Å². The number of aromatic nitrogens is 4. The van der Waals surface area contributed by atoms with Crippen LogP contribution in [0.5, 0.6) is 0 Å². The van der Waals surface area contributed by atoms with Gasteiger partial charge in [-0.1, -0.05) is 42.1 Å². The number of nitrogens with two attached hydrogens (primary N) is 1. The Kier molecular flexibility index (Phi) is 4.68. The van der Waals surface area contributed by atoms with Crippen molar-refractivity contribution < 1.29 is 4.79 Å². The Morgan fingerprint density at radius 2 is 1.83 bits per heavy atom. The van der Waals surface area contributed by atoms with Gasteiger partial charge in [-0.15, -0.1) is 10.2 Å². The van der Waals surface area contributed by atoms with E-state index in [1.54, 1.807) is 12.4 Å². The highest BCUT2D eigenvalue weighted by molar-refractivity contribution is 7.99. The second kappa shape index (κ2) is 7.06. The van der Waals surface area contributed by atoms with Gasteiger partial charge in [-0.05, 0) is 17.7 Å². The molecule has 0 unspecified atom stereocenters.